The van der Waals surface area contributed by atoms with Crippen LogP contribution in [0, 0.1) is 0 Å². The predicted octanol–water partition coefficient (Wildman–Crippen LogP) is 3.64. The molecule has 0 aliphatic carbocycles. The molecule has 1 fully saturated rings. The highest BCUT2D eigenvalue weighted by Gasteiger charge is 2.55. The lowest BCUT2D eigenvalue weighted by atomic mass is 10.1. The summed E-state index contributed by atoms with van der Waals surface area (Å²) in [5.74, 6) is -0.925. The number of halogens is 1. The summed E-state index contributed by atoms with van der Waals surface area (Å²) in [7, 11) is 0. The molecule has 7 nitrogen and oxygen atoms in total. The monoisotopic (exact) mass is 441 g/mol. The molecule has 5 rings (SSSR count). The molecule has 3 heterocycles. The summed E-state index contributed by atoms with van der Waals surface area (Å²) in [6.45, 7) is 1.07. The van der Waals surface area contributed by atoms with E-state index in [0.29, 0.717) is 30.6 Å². The molecule has 0 bridgehead atoms. The highest BCUT2D eigenvalue weighted by molar-refractivity contribution is 9.10. The van der Waals surface area contributed by atoms with Crippen LogP contribution >= 0.6 is 15.9 Å². The van der Waals surface area contributed by atoms with Gasteiger partial charge in [0.15, 0.2) is 0 Å². The highest BCUT2D eigenvalue weighted by Crippen LogP contribution is 2.46. The number of anilines is 1. The molecular formula is C20H16BrN3O4. The van der Waals surface area contributed by atoms with Crippen molar-refractivity contribution < 1.29 is 18.7 Å². The number of hydrogen-bond donors (Lipinski definition) is 0. The van der Waals surface area contributed by atoms with Crippen molar-refractivity contribution in [1.82, 2.24) is 10.2 Å². The van der Waals surface area contributed by atoms with E-state index in [1.54, 1.807) is 4.90 Å². The number of nitrogens with zero attached hydrogens (tertiary/aromatic N) is 3. The van der Waals surface area contributed by atoms with E-state index in [4.69, 9.17) is 13.9 Å². The topological polar surface area (TPSA) is 77.7 Å². The zero-order valence-corrected chi connectivity index (χ0v) is 16.4. The van der Waals surface area contributed by atoms with Crippen LogP contribution in [-0.4, -0.2) is 29.3 Å². The fourth-order valence-corrected chi connectivity index (χ4v) is 3.89. The Bertz CT molecular complexity index is 1030. The summed E-state index contributed by atoms with van der Waals surface area (Å²) < 4.78 is 18.4. The molecule has 28 heavy (non-hydrogen) atoms. The van der Waals surface area contributed by atoms with Crippen molar-refractivity contribution in [2.45, 2.75) is 18.8 Å². The van der Waals surface area contributed by atoms with Gasteiger partial charge in [0.2, 0.25) is 11.8 Å². The second kappa shape index (κ2) is 6.80. The van der Waals surface area contributed by atoms with Gasteiger partial charge in [-0.3, -0.25) is 9.69 Å². The molecule has 2 aliphatic heterocycles. The molecule has 0 N–H and O–H groups in total. The van der Waals surface area contributed by atoms with Crippen molar-refractivity contribution >= 4 is 27.5 Å². The molecule has 0 saturated carbocycles. The van der Waals surface area contributed by atoms with E-state index in [1.165, 1.54) is 0 Å². The van der Waals surface area contributed by atoms with E-state index in [0.717, 1.165) is 22.1 Å². The molecule has 8 heteroatoms. The van der Waals surface area contributed by atoms with Gasteiger partial charge in [0, 0.05) is 15.6 Å². The molecule has 1 spiro atoms. The Hall–Kier alpha value is -2.55. The minimum atomic E-state index is -1.40. The number of rotatable bonds is 3. The molecular weight excluding hydrogens is 426 g/mol. The Labute approximate surface area is 169 Å². The lowest BCUT2D eigenvalue weighted by Crippen LogP contribution is -2.47. The minimum Gasteiger partial charge on any atom is -0.419 e. The third-order valence-electron chi connectivity index (χ3n) is 4.81. The van der Waals surface area contributed by atoms with E-state index in [-0.39, 0.29) is 12.5 Å². The summed E-state index contributed by atoms with van der Waals surface area (Å²) >= 11 is 3.47. The second-order valence-electron chi connectivity index (χ2n) is 6.59. The van der Waals surface area contributed by atoms with Crippen LogP contribution < -0.4 is 4.90 Å². The molecule has 0 unspecified atom stereocenters. The molecule has 1 saturated heterocycles. The van der Waals surface area contributed by atoms with Gasteiger partial charge in [-0.2, -0.15) is 0 Å². The molecule has 1 amide bonds. The molecule has 2 aliphatic rings. The average Bonchev–Trinajstić information content (AvgIpc) is 3.28. The van der Waals surface area contributed by atoms with Crippen LogP contribution in [-0.2, 0) is 26.6 Å². The maximum Gasteiger partial charge on any atom is 0.293 e. The van der Waals surface area contributed by atoms with Crippen LogP contribution in [0.4, 0.5) is 5.69 Å². The van der Waals surface area contributed by atoms with Crippen LogP contribution in [0.5, 0.6) is 0 Å². The number of carbonyl (C=O) groups is 1. The van der Waals surface area contributed by atoms with Crippen LogP contribution in [0.2, 0.25) is 0 Å². The summed E-state index contributed by atoms with van der Waals surface area (Å²) in [4.78, 5) is 14.9. The first-order chi connectivity index (χ1) is 13.7. The van der Waals surface area contributed by atoms with E-state index < -0.39 is 5.79 Å². The third-order valence-corrected chi connectivity index (χ3v) is 5.30. The quantitative estimate of drug-likeness (QED) is 0.617. The van der Waals surface area contributed by atoms with Crippen LogP contribution in [0.3, 0.4) is 0 Å². The fourth-order valence-electron chi connectivity index (χ4n) is 3.53. The van der Waals surface area contributed by atoms with E-state index in [2.05, 4.69) is 26.1 Å². The van der Waals surface area contributed by atoms with Crippen molar-refractivity contribution in [1.29, 1.82) is 0 Å². The van der Waals surface area contributed by atoms with E-state index >= 15 is 0 Å². The Morgan fingerprint density at radius 1 is 1.07 bits per heavy atom. The van der Waals surface area contributed by atoms with Gasteiger partial charge in [-0.05, 0) is 36.8 Å². The van der Waals surface area contributed by atoms with Crippen molar-refractivity contribution in [2.75, 3.05) is 18.1 Å². The zero-order chi connectivity index (χ0) is 19.1. The smallest absolute Gasteiger partial charge is 0.293 e. The number of ether oxygens (including phenoxy) is 2. The van der Waals surface area contributed by atoms with Crippen LogP contribution in [0.1, 0.15) is 17.9 Å². The highest BCUT2D eigenvalue weighted by atomic mass is 79.9. The Morgan fingerprint density at radius 2 is 1.86 bits per heavy atom. The van der Waals surface area contributed by atoms with Gasteiger partial charge in [0.25, 0.3) is 11.7 Å². The summed E-state index contributed by atoms with van der Waals surface area (Å²) in [5.41, 5.74) is 2.23. The van der Waals surface area contributed by atoms with E-state index in [1.807, 2.05) is 48.5 Å². The maximum absolute atomic E-state index is 13.3. The van der Waals surface area contributed by atoms with Crippen LogP contribution in [0.25, 0.3) is 11.5 Å². The lowest BCUT2D eigenvalue weighted by molar-refractivity contribution is -0.256. The lowest BCUT2D eigenvalue weighted by Gasteiger charge is -2.32. The average molecular weight is 442 g/mol. The van der Waals surface area contributed by atoms with Gasteiger partial charge in [-0.15, -0.1) is 10.2 Å². The number of benzene rings is 2. The van der Waals surface area contributed by atoms with Gasteiger partial charge < -0.3 is 13.9 Å². The number of aromatic nitrogens is 2. The summed E-state index contributed by atoms with van der Waals surface area (Å²) in [6.07, 6.45) is 0.752. The summed E-state index contributed by atoms with van der Waals surface area (Å²) in [6, 6.07) is 15.1. The van der Waals surface area contributed by atoms with E-state index in [9.17, 15) is 4.79 Å². The van der Waals surface area contributed by atoms with Gasteiger partial charge in [0.1, 0.15) is 6.54 Å². The molecule has 0 atom stereocenters. The predicted molar refractivity (Wildman–Crippen MR) is 103 cm³/mol. The summed E-state index contributed by atoms with van der Waals surface area (Å²) in [5, 5.41) is 8.22. The first kappa shape index (κ1) is 17.5. The Kier molecular flexibility index (Phi) is 4.26. The standard InChI is InChI=1S/C20H16BrN3O4/c21-14-7-8-16-15(11-14)20(26-9-4-10-27-20)19(25)24(16)12-17-22-23-18(28-17)13-5-2-1-3-6-13/h1-3,5-8,11H,4,9-10,12H2. The third kappa shape index (κ3) is 2.76. The molecule has 142 valence electrons. The van der Waals surface area contributed by atoms with Crippen molar-refractivity contribution in [3.05, 3.63) is 64.5 Å². The number of fused-ring (bicyclic) bond motifs is 2. The largest absolute Gasteiger partial charge is 0.419 e. The first-order valence-corrected chi connectivity index (χ1v) is 9.74. The van der Waals surface area contributed by atoms with Gasteiger partial charge in [-0.1, -0.05) is 34.1 Å². The van der Waals surface area contributed by atoms with Crippen molar-refractivity contribution in [3.8, 4) is 11.5 Å². The first-order valence-electron chi connectivity index (χ1n) is 8.95. The number of carbonyl (C=O) groups excluding carboxylic acids is 1. The second-order valence-corrected chi connectivity index (χ2v) is 7.50. The number of hydrogen-bond acceptors (Lipinski definition) is 6. The van der Waals surface area contributed by atoms with Crippen molar-refractivity contribution in [3.63, 3.8) is 0 Å². The number of amides is 1. The maximum atomic E-state index is 13.3. The van der Waals surface area contributed by atoms with Gasteiger partial charge in [0.05, 0.1) is 18.9 Å². The van der Waals surface area contributed by atoms with Crippen LogP contribution in [0.15, 0.2) is 57.4 Å². The normalized spacial score (nSPS) is 17.9. The Morgan fingerprint density at radius 3 is 2.64 bits per heavy atom. The molecule has 3 aromatic rings. The SMILES string of the molecule is O=C1N(Cc2nnc(-c3ccccc3)o2)c2ccc(Br)cc2C12OCCCO2. The fraction of sp³-hybridized carbons (Fsp3) is 0.250. The van der Waals surface area contributed by atoms with Crippen molar-refractivity contribution in [2.24, 2.45) is 0 Å². The Balaban J connectivity index is 1.49. The molecule has 2 aromatic carbocycles. The molecule has 1 aromatic heterocycles. The zero-order valence-electron chi connectivity index (χ0n) is 14.8. The molecule has 0 radical (unpaired) electrons. The minimum absolute atomic E-state index is 0.141. The van der Waals surface area contributed by atoms with Gasteiger partial charge >= 0.3 is 0 Å². The van der Waals surface area contributed by atoms with Gasteiger partial charge in [-0.25, -0.2) is 0 Å².